The van der Waals surface area contributed by atoms with E-state index in [-0.39, 0.29) is 25.7 Å². The summed E-state index contributed by atoms with van der Waals surface area (Å²) < 4.78 is 68.3. The van der Waals surface area contributed by atoms with Gasteiger partial charge in [-0.15, -0.1) is 0 Å². The van der Waals surface area contributed by atoms with Crippen LogP contribution in [0.1, 0.15) is 343 Å². The number of rotatable bonds is 69. The second kappa shape index (κ2) is 63.6. The first-order chi connectivity index (χ1) is 43.9. The molecule has 0 aliphatic heterocycles. The Morgan fingerprint density at radius 1 is 0.363 bits per heavy atom. The third kappa shape index (κ3) is 64.6. The van der Waals surface area contributed by atoms with Gasteiger partial charge in [0.15, 0.2) is 12.2 Å². The van der Waals surface area contributed by atoms with Gasteiger partial charge < -0.3 is 33.8 Å². The summed E-state index contributed by atoms with van der Waals surface area (Å²) in [6.07, 6.45) is 52.0. The first kappa shape index (κ1) is 88.5. The van der Waals surface area contributed by atoms with Crippen molar-refractivity contribution in [3.05, 3.63) is 24.3 Å². The van der Waals surface area contributed by atoms with Crippen LogP contribution in [-0.2, 0) is 65.4 Å². The summed E-state index contributed by atoms with van der Waals surface area (Å²) in [7, 11) is -9.92. The number of allylic oxidation sites excluding steroid dienone is 4. The number of phosphoric acid groups is 2. The minimum Gasteiger partial charge on any atom is -0.462 e. The summed E-state index contributed by atoms with van der Waals surface area (Å²) in [6, 6.07) is 0. The maximum absolute atomic E-state index is 13.0. The van der Waals surface area contributed by atoms with E-state index in [1.54, 1.807) is 0 Å². The minimum atomic E-state index is -4.96. The standard InChI is InChI=1S/C72H136O17P2/c1-7-10-12-14-16-18-20-21-22-23-25-31-38-44-50-56-71(76)88-67(60-83-70(75)55-49-43-37-30-27-26-28-35-41-47-53-65(6)9-3)62-86-90(78,79)84-58-66(73)59-85-91(80,81)87-63-68(89-72(77)57-51-45-39-33-32-34-40-46-52-64(4)5)61-82-69(74)54-48-42-36-29-24-19-17-15-13-11-8-2/h18,20-22,64-68,73H,7-17,19,23-63H2,1-6H3,(H,78,79)(H,80,81)/b20-18-,22-21-/t65?,66-,67-,68-/m1/s1. The lowest BCUT2D eigenvalue weighted by Crippen LogP contribution is -2.30. The van der Waals surface area contributed by atoms with Crippen molar-refractivity contribution in [3.8, 4) is 0 Å². The SMILES string of the molecule is CCCCCC/C=C\C=C/CCCCCCCC(=O)O[C@H](COC(=O)CCCCCCCCCCCCC(C)CC)COP(=O)(O)OC[C@@H](O)COP(=O)(O)OC[C@@H](COC(=O)CCCCCCCCCCCCC)OC(=O)CCCCCCCCCCC(C)C. The van der Waals surface area contributed by atoms with Crippen LogP contribution in [0.25, 0.3) is 0 Å². The van der Waals surface area contributed by atoms with Gasteiger partial charge in [-0.25, -0.2) is 9.13 Å². The van der Waals surface area contributed by atoms with Gasteiger partial charge in [-0.05, 0) is 63.2 Å². The third-order valence-corrected chi connectivity index (χ3v) is 18.3. The number of aliphatic hydroxyl groups is 1. The van der Waals surface area contributed by atoms with E-state index >= 15 is 0 Å². The molecule has 0 spiro atoms. The van der Waals surface area contributed by atoms with E-state index < -0.39 is 97.5 Å². The molecule has 17 nitrogen and oxygen atoms in total. The van der Waals surface area contributed by atoms with Crippen molar-refractivity contribution in [2.45, 2.75) is 362 Å². The number of carbonyl (C=O) groups excluding carboxylic acids is 4. The van der Waals surface area contributed by atoms with E-state index in [1.807, 2.05) is 0 Å². The van der Waals surface area contributed by atoms with E-state index in [9.17, 15) is 43.2 Å². The minimum absolute atomic E-state index is 0.0847. The molecule has 3 N–H and O–H groups in total. The van der Waals surface area contributed by atoms with Crippen molar-refractivity contribution < 1.29 is 80.2 Å². The number of esters is 4. The molecule has 0 bridgehead atoms. The van der Waals surface area contributed by atoms with Gasteiger partial charge in [0.05, 0.1) is 26.4 Å². The summed E-state index contributed by atoms with van der Waals surface area (Å²) in [5.41, 5.74) is 0. The Morgan fingerprint density at radius 2 is 0.648 bits per heavy atom. The van der Waals surface area contributed by atoms with Crippen LogP contribution in [0.15, 0.2) is 24.3 Å². The quantitative estimate of drug-likeness (QED) is 0.0169. The number of aliphatic hydroxyl groups excluding tert-OH is 1. The van der Waals surface area contributed by atoms with Gasteiger partial charge in [-0.3, -0.25) is 37.3 Å². The van der Waals surface area contributed by atoms with Gasteiger partial charge in [0.25, 0.3) is 0 Å². The topological polar surface area (TPSA) is 237 Å². The van der Waals surface area contributed by atoms with Crippen LogP contribution < -0.4 is 0 Å². The second-order valence-electron chi connectivity index (χ2n) is 26.0. The molecule has 0 aliphatic rings. The highest BCUT2D eigenvalue weighted by atomic mass is 31.2. The van der Waals surface area contributed by atoms with Crippen molar-refractivity contribution in [2.24, 2.45) is 11.8 Å². The van der Waals surface area contributed by atoms with E-state index in [2.05, 4.69) is 65.8 Å². The molecule has 0 aromatic heterocycles. The Kier molecular flexibility index (Phi) is 61.9. The van der Waals surface area contributed by atoms with Gasteiger partial charge in [-0.1, -0.05) is 291 Å². The smallest absolute Gasteiger partial charge is 0.462 e. The third-order valence-electron chi connectivity index (χ3n) is 16.4. The summed E-state index contributed by atoms with van der Waals surface area (Å²) in [5.74, 6) is -0.629. The zero-order valence-electron chi connectivity index (χ0n) is 58.6. The van der Waals surface area contributed by atoms with Gasteiger partial charge in [0.2, 0.25) is 0 Å². The molecule has 91 heavy (non-hydrogen) atoms. The van der Waals surface area contributed by atoms with Crippen LogP contribution >= 0.6 is 15.6 Å². The normalized spacial score (nSPS) is 14.6. The van der Waals surface area contributed by atoms with Gasteiger partial charge in [0, 0.05) is 25.7 Å². The van der Waals surface area contributed by atoms with E-state index in [0.29, 0.717) is 31.6 Å². The lowest BCUT2D eigenvalue weighted by Gasteiger charge is -2.21. The Labute approximate surface area is 554 Å². The highest BCUT2D eigenvalue weighted by Gasteiger charge is 2.30. The number of hydrogen-bond donors (Lipinski definition) is 3. The molecule has 0 radical (unpaired) electrons. The number of unbranched alkanes of at least 4 members (excludes halogenated alkanes) is 35. The average molecular weight is 1340 g/mol. The fourth-order valence-corrected chi connectivity index (χ4v) is 12.0. The molecule has 0 amide bonds. The number of ether oxygens (including phenoxy) is 4. The monoisotopic (exact) mass is 1330 g/mol. The summed E-state index contributed by atoms with van der Waals surface area (Å²) in [6.45, 7) is 9.48. The van der Waals surface area contributed by atoms with Gasteiger partial charge in [-0.2, -0.15) is 0 Å². The zero-order chi connectivity index (χ0) is 67.2. The summed E-state index contributed by atoms with van der Waals surface area (Å²) >= 11 is 0. The molecule has 0 aromatic carbocycles. The maximum atomic E-state index is 13.0. The largest absolute Gasteiger partial charge is 0.472 e. The summed E-state index contributed by atoms with van der Waals surface area (Å²) in [4.78, 5) is 72.6. The Morgan fingerprint density at radius 3 is 0.989 bits per heavy atom. The molecule has 0 aliphatic carbocycles. The Bertz CT molecular complexity index is 1860. The average Bonchev–Trinajstić information content (AvgIpc) is 3.72. The van der Waals surface area contributed by atoms with Crippen molar-refractivity contribution in [1.82, 2.24) is 0 Å². The second-order valence-corrected chi connectivity index (χ2v) is 28.9. The molecular weight excluding hydrogens is 1200 g/mol. The fraction of sp³-hybridized carbons (Fsp3) is 0.889. The summed E-state index contributed by atoms with van der Waals surface area (Å²) in [5, 5.41) is 10.6. The molecule has 0 aromatic rings. The Balaban J connectivity index is 5.30. The molecule has 0 saturated heterocycles. The predicted molar refractivity (Wildman–Crippen MR) is 367 cm³/mol. The molecule has 536 valence electrons. The predicted octanol–water partition coefficient (Wildman–Crippen LogP) is 20.3. The number of hydrogen-bond acceptors (Lipinski definition) is 15. The molecule has 0 heterocycles. The molecule has 0 saturated carbocycles. The van der Waals surface area contributed by atoms with Crippen LogP contribution in [0.2, 0.25) is 0 Å². The van der Waals surface area contributed by atoms with Gasteiger partial charge >= 0.3 is 39.5 Å². The fourth-order valence-electron chi connectivity index (χ4n) is 10.4. The first-order valence-corrected chi connectivity index (χ1v) is 39.8. The lowest BCUT2D eigenvalue weighted by molar-refractivity contribution is -0.161. The molecule has 19 heteroatoms. The maximum Gasteiger partial charge on any atom is 0.472 e. The number of phosphoric ester groups is 2. The first-order valence-electron chi connectivity index (χ1n) is 36.8. The van der Waals surface area contributed by atoms with Crippen molar-refractivity contribution in [1.29, 1.82) is 0 Å². The van der Waals surface area contributed by atoms with E-state index in [1.165, 1.54) is 148 Å². The number of carbonyl (C=O) groups is 4. The van der Waals surface area contributed by atoms with Crippen LogP contribution in [-0.4, -0.2) is 96.7 Å². The highest BCUT2D eigenvalue weighted by molar-refractivity contribution is 7.47. The molecule has 6 atom stereocenters. The van der Waals surface area contributed by atoms with Crippen molar-refractivity contribution in [2.75, 3.05) is 39.6 Å². The van der Waals surface area contributed by atoms with Crippen LogP contribution in [0.5, 0.6) is 0 Å². The van der Waals surface area contributed by atoms with Crippen LogP contribution in [0, 0.1) is 11.8 Å². The van der Waals surface area contributed by atoms with E-state index in [4.69, 9.17) is 37.0 Å². The van der Waals surface area contributed by atoms with Crippen LogP contribution in [0.4, 0.5) is 0 Å². The zero-order valence-corrected chi connectivity index (χ0v) is 60.4. The Hall–Kier alpha value is -2.46. The van der Waals surface area contributed by atoms with E-state index in [0.717, 1.165) is 109 Å². The highest BCUT2D eigenvalue weighted by Crippen LogP contribution is 2.45. The van der Waals surface area contributed by atoms with Crippen LogP contribution in [0.3, 0.4) is 0 Å². The van der Waals surface area contributed by atoms with Gasteiger partial charge in [0.1, 0.15) is 19.3 Å². The molecule has 3 unspecified atom stereocenters. The molecule has 0 fully saturated rings. The van der Waals surface area contributed by atoms with Crippen molar-refractivity contribution in [3.63, 3.8) is 0 Å². The lowest BCUT2D eigenvalue weighted by atomic mass is 9.99. The molecule has 0 rings (SSSR count). The molecular formula is C72H136O17P2. The van der Waals surface area contributed by atoms with Crippen molar-refractivity contribution >= 4 is 39.5 Å².